The van der Waals surface area contributed by atoms with Crippen LogP contribution in [0, 0.1) is 0 Å². The van der Waals surface area contributed by atoms with E-state index >= 15 is 0 Å². The molecule has 6 nitrogen and oxygen atoms in total. The number of carbonyl (C=O) groups excluding carboxylic acids is 2. The van der Waals surface area contributed by atoms with Gasteiger partial charge in [0.05, 0.1) is 25.4 Å². The number of aliphatic hydroxyl groups is 2. The largest absolute Gasteiger partial charge is 0.466 e. The van der Waals surface area contributed by atoms with Gasteiger partial charge in [0.15, 0.2) is 0 Å². The number of esters is 1. The standard InChI is InChI=1S/C74H145NO5/c1-3-5-7-9-11-13-15-17-39-44-48-52-56-60-64-68-74(79)80-69-65-61-57-53-49-45-41-38-36-34-32-30-28-26-24-22-20-18-19-21-23-25-27-29-31-33-35-37-40-43-47-51-55-59-63-67-73(78)75-71(70-76)72(77)66-62-58-54-50-46-42-16-14-12-10-8-6-4-2/h17,39,71-72,76-77H,3-16,18-38,40-70H2,1-2H3,(H,75,78)/b39-17-. The quantitative estimate of drug-likeness (QED) is 0.0320. The molecule has 0 heterocycles. The summed E-state index contributed by atoms with van der Waals surface area (Å²) in [6.07, 6.45) is 87.2. The summed E-state index contributed by atoms with van der Waals surface area (Å²) in [6, 6.07) is -0.536. The number of aliphatic hydroxyl groups excluding tert-OH is 2. The number of hydrogen-bond acceptors (Lipinski definition) is 5. The lowest BCUT2D eigenvalue weighted by Crippen LogP contribution is -2.45. The van der Waals surface area contributed by atoms with Gasteiger partial charge in [0.2, 0.25) is 5.91 Å². The van der Waals surface area contributed by atoms with Crippen LogP contribution >= 0.6 is 0 Å². The fourth-order valence-electron chi connectivity index (χ4n) is 11.9. The summed E-state index contributed by atoms with van der Waals surface area (Å²) in [5, 5.41) is 23.3. The zero-order chi connectivity index (χ0) is 57.8. The summed E-state index contributed by atoms with van der Waals surface area (Å²) in [5.41, 5.74) is 0. The van der Waals surface area contributed by atoms with Crippen molar-refractivity contribution in [1.82, 2.24) is 5.32 Å². The Bertz CT molecular complexity index is 1210. The average molecular weight is 1130 g/mol. The van der Waals surface area contributed by atoms with Crippen LogP contribution in [-0.4, -0.2) is 47.4 Å². The Labute approximate surface area is 501 Å². The molecule has 0 saturated heterocycles. The first-order valence-electron chi connectivity index (χ1n) is 36.9. The Morgan fingerprint density at radius 2 is 0.588 bits per heavy atom. The van der Waals surface area contributed by atoms with E-state index in [0.29, 0.717) is 25.9 Å². The number of carbonyl (C=O) groups is 2. The molecular formula is C74H145NO5. The average Bonchev–Trinajstić information content (AvgIpc) is 3.46. The summed E-state index contributed by atoms with van der Waals surface area (Å²) in [6.45, 7) is 4.98. The van der Waals surface area contributed by atoms with E-state index in [2.05, 4.69) is 31.3 Å². The van der Waals surface area contributed by atoms with Gasteiger partial charge in [0.25, 0.3) is 0 Å². The minimum absolute atomic E-state index is 0.0155. The Morgan fingerprint density at radius 1 is 0.338 bits per heavy atom. The molecule has 80 heavy (non-hydrogen) atoms. The lowest BCUT2D eigenvalue weighted by atomic mass is 10.0. The van der Waals surface area contributed by atoms with Crippen LogP contribution in [0.15, 0.2) is 12.2 Å². The Morgan fingerprint density at radius 3 is 0.887 bits per heavy atom. The van der Waals surface area contributed by atoms with E-state index in [4.69, 9.17) is 4.74 Å². The van der Waals surface area contributed by atoms with Crippen LogP contribution < -0.4 is 5.32 Å². The molecule has 0 radical (unpaired) electrons. The van der Waals surface area contributed by atoms with Crippen LogP contribution in [0.1, 0.15) is 425 Å². The predicted molar refractivity (Wildman–Crippen MR) is 352 cm³/mol. The van der Waals surface area contributed by atoms with E-state index < -0.39 is 12.1 Å². The van der Waals surface area contributed by atoms with Crippen molar-refractivity contribution in [2.24, 2.45) is 0 Å². The second-order valence-electron chi connectivity index (χ2n) is 25.6. The highest BCUT2D eigenvalue weighted by Gasteiger charge is 2.20. The number of hydrogen-bond donors (Lipinski definition) is 3. The molecule has 0 aromatic carbocycles. The van der Waals surface area contributed by atoms with E-state index in [9.17, 15) is 19.8 Å². The normalized spacial score (nSPS) is 12.5. The maximum atomic E-state index is 12.5. The SMILES string of the molecule is CCCCCCCC/C=C\CCCCCCCC(=O)OCCCCCCCCCCCCCCCCCCCCCCCCCCCCCCCCCCCCCC(=O)NC(CO)C(O)CCCCCCCCCCCCCCC. The van der Waals surface area contributed by atoms with Gasteiger partial charge in [0, 0.05) is 12.8 Å². The number of amides is 1. The van der Waals surface area contributed by atoms with Gasteiger partial charge in [-0.3, -0.25) is 9.59 Å². The molecule has 0 spiro atoms. The molecule has 0 aliphatic heterocycles. The molecule has 3 N–H and O–H groups in total. The molecule has 0 saturated carbocycles. The van der Waals surface area contributed by atoms with Crippen molar-refractivity contribution in [2.75, 3.05) is 13.2 Å². The summed E-state index contributed by atoms with van der Waals surface area (Å²) >= 11 is 0. The van der Waals surface area contributed by atoms with Gasteiger partial charge in [-0.05, 0) is 51.4 Å². The number of rotatable bonds is 70. The summed E-state index contributed by atoms with van der Waals surface area (Å²) in [4.78, 5) is 24.6. The molecule has 1 amide bonds. The monoisotopic (exact) mass is 1130 g/mol. The molecule has 0 aromatic rings. The third kappa shape index (κ3) is 65.7. The molecule has 0 aliphatic carbocycles. The Kier molecular flexibility index (Phi) is 68.9. The van der Waals surface area contributed by atoms with Gasteiger partial charge in [0.1, 0.15) is 0 Å². The van der Waals surface area contributed by atoms with Crippen LogP contribution in [-0.2, 0) is 14.3 Å². The van der Waals surface area contributed by atoms with Gasteiger partial charge >= 0.3 is 5.97 Å². The van der Waals surface area contributed by atoms with Gasteiger partial charge in [-0.15, -0.1) is 0 Å². The number of ether oxygens (including phenoxy) is 1. The van der Waals surface area contributed by atoms with Crippen LogP contribution in [0.4, 0.5) is 0 Å². The number of unbranched alkanes of at least 4 members (excludes halogenated alkanes) is 57. The molecule has 476 valence electrons. The molecular weight excluding hydrogens is 983 g/mol. The minimum atomic E-state index is -0.659. The van der Waals surface area contributed by atoms with Gasteiger partial charge < -0.3 is 20.3 Å². The van der Waals surface area contributed by atoms with Gasteiger partial charge in [-0.25, -0.2) is 0 Å². The molecule has 2 unspecified atom stereocenters. The van der Waals surface area contributed by atoms with Crippen LogP contribution in [0.3, 0.4) is 0 Å². The third-order valence-corrected chi connectivity index (χ3v) is 17.6. The third-order valence-electron chi connectivity index (χ3n) is 17.6. The van der Waals surface area contributed by atoms with Crippen molar-refractivity contribution in [2.45, 2.75) is 437 Å². The summed E-state index contributed by atoms with van der Waals surface area (Å²) < 4.78 is 5.50. The van der Waals surface area contributed by atoms with Crippen molar-refractivity contribution in [3.8, 4) is 0 Å². The maximum Gasteiger partial charge on any atom is 0.305 e. The summed E-state index contributed by atoms with van der Waals surface area (Å²) in [7, 11) is 0. The number of nitrogens with one attached hydrogen (secondary N) is 1. The van der Waals surface area contributed by atoms with Gasteiger partial charge in [-0.2, -0.15) is 0 Å². The zero-order valence-corrected chi connectivity index (χ0v) is 54.6. The van der Waals surface area contributed by atoms with Crippen molar-refractivity contribution >= 4 is 11.9 Å². The smallest absolute Gasteiger partial charge is 0.305 e. The van der Waals surface area contributed by atoms with Crippen molar-refractivity contribution in [3.05, 3.63) is 12.2 Å². The molecule has 0 aliphatic rings. The zero-order valence-electron chi connectivity index (χ0n) is 54.6. The predicted octanol–water partition coefficient (Wildman–Crippen LogP) is 23.9. The van der Waals surface area contributed by atoms with Crippen molar-refractivity contribution in [3.63, 3.8) is 0 Å². The van der Waals surface area contributed by atoms with E-state index in [0.717, 1.165) is 44.9 Å². The Balaban J connectivity index is 3.29. The highest BCUT2D eigenvalue weighted by Crippen LogP contribution is 2.20. The first kappa shape index (κ1) is 78.6. The second kappa shape index (κ2) is 70.1. The molecule has 6 heteroatoms. The Hall–Kier alpha value is -1.40. The fraction of sp³-hybridized carbons (Fsp3) is 0.946. The lowest BCUT2D eigenvalue weighted by Gasteiger charge is -2.22. The minimum Gasteiger partial charge on any atom is -0.466 e. The molecule has 0 rings (SSSR count). The second-order valence-corrected chi connectivity index (χ2v) is 25.6. The molecule has 2 atom stereocenters. The fourth-order valence-corrected chi connectivity index (χ4v) is 11.9. The first-order valence-corrected chi connectivity index (χ1v) is 36.9. The molecule has 0 aromatic heterocycles. The van der Waals surface area contributed by atoms with E-state index in [-0.39, 0.29) is 18.5 Å². The topological polar surface area (TPSA) is 95.9 Å². The van der Waals surface area contributed by atoms with E-state index in [1.807, 2.05) is 0 Å². The van der Waals surface area contributed by atoms with Crippen molar-refractivity contribution < 1.29 is 24.5 Å². The lowest BCUT2D eigenvalue weighted by molar-refractivity contribution is -0.143. The van der Waals surface area contributed by atoms with Gasteiger partial charge in [-0.1, -0.05) is 373 Å². The molecule has 0 bridgehead atoms. The first-order chi connectivity index (χ1) is 39.5. The van der Waals surface area contributed by atoms with E-state index in [1.54, 1.807) is 0 Å². The highest BCUT2D eigenvalue weighted by molar-refractivity contribution is 5.76. The van der Waals surface area contributed by atoms with Crippen molar-refractivity contribution in [1.29, 1.82) is 0 Å². The molecule has 0 fully saturated rings. The van der Waals surface area contributed by atoms with Crippen LogP contribution in [0.2, 0.25) is 0 Å². The van der Waals surface area contributed by atoms with Crippen LogP contribution in [0.5, 0.6) is 0 Å². The van der Waals surface area contributed by atoms with E-state index in [1.165, 1.54) is 347 Å². The maximum absolute atomic E-state index is 12.5. The highest BCUT2D eigenvalue weighted by atomic mass is 16.5. The number of allylic oxidation sites excluding steroid dienone is 2. The van der Waals surface area contributed by atoms with Crippen LogP contribution in [0.25, 0.3) is 0 Å². The summed E-state index contributed by atoms with van der Waals surface area (Å²) in [5.74, 6) is -0.0115.